The van der Waals surface area contributed by atoms with Crippen molar-refractivity contribution in [3.8, 4) is 5.75 Å². The summed E-state index contributed by atoms with van der Waals surface area (Å²) in [4.78, 5) is 11.6. The Kier molecular flexibility index (Phi) is 5.20. The van der Waals surface area contributed by atoms with Gasteiger partial charge >= 0.3 is 5.97 Å². The number of carbonyl (C=O) groups is 1. The minimum absolute atomic E-state index is 0.0681. The highest BCUT2D eigenvalue weighted by Crippen LogP contribution is 2.26. The van der Waals surface area contributed by atoms with Crippen LogP contribution in [0.4, 0.5) is 0 Å². The summed E-state index contributed by atoms with van der Waals surface area (Å²) in [5.74, 6) is 0.689. The Labute approximate surface area is 109 Å². The van der Waals surface area contributed by atoms with Crippen molar-refractivity contribution in [2.45, 2.75) is 33.6 Å². The summed E-state index contributed by atoms with van der Waals surface area (Å²) in [6.07, 6.45) is 1.51. The van der Waals surface area contributed by atoms with Crippen molar-refractivity contribution >= 4 is 5.97 Å². The van der Waals surface area contributed by atoms with Crippen LogP contribution in [0.1, 0.15) is 30.0 Å². The molecule has 0 saturated carbocycles. The van der Waals surface area contributed by atoms with E-state index in [-0.39, 0.29) is 11.9 Å². The van der Waals surface area contributed by atoms with Gasteiger partial charge in [-0.3, -0.25) is 4.79 Å². The number of rotatable bonds is 5. The molecule has 0 aliphatic rings. The molecule has 0 spiro atoms. The second kappa shape index (κ2) is 6.43. The van der Waals surface area contributed by atoms with Crippen LogP contribution in [-0.2, 0) is 16.0 Å². The van der Waals surface area contributed by atoms with Gasteiger partial charge in [-0.2, -0.15) is 0 Å². The van der Waals surface area contributed by atoms with Gasteiger partial charge < -0.3 is 9.47 Å². The maximum Gasteiger partial charge on any atom is 0.308 e. The standard InChI is InChI=1S/C15H22O3/c1-6-12(15(16)18-5)9-13-7-8-14(17-4)11(3)10(13)2/h7-8,12H,6,9H2,1-5H3. The lowest BCUT2D eigenvalue weighted by Crippen LogP contribution is -2.18. The fourth-order valence-corrected chi connectivity index (χ4v) is 2.12. The fourth-order valence-electron chi connectivity index (χ4n) is 2.12. The van der Waals surface area contributed by atoms with Crippen molar-refractivity contribution in [2.75, 3.05) is 14.2 Å². The zero-order chi connectivity index (χ0) is 13.7. The van der Waals surface area contributed by atoms with Crippen molar-refractivity contribution in [3.05, 3.63) is 28.8 Å². The number of benzene rings is 1. The highest BCUT2D eigenvalue weighted by atomic mass is 16.5. The Bertz CT molecular complexity index is 424. The highest BCUT2D eigenvalue weighted by molar-refractivity contribution is 5.72. The Morgan fingerprint density at radius 2 is 1.89 bits per heavy atom. The molecule has 0 amide bonds. The molecular formula is C15H22O3. The highest BCUT2D eigenvalue weighted by Gasteiger charge is 2.19. The molecule has 0 aliphatic carbocycles. The number of hydrogen-bond acceptors (Lipinski definition) is 3. The van der Waals surface area contributed by atoms with Gasteiger partial charge in [-0.1, -0.05) is 13.0 Å². The molecule has 0 N–H and O–H groups in total. The van der Waals surface area contributed by atoms with Gasteiger partial charge in [0.15, 0.2) is 0 Å². The smallest absolute Gasteiger partial charge is 0.308 e. The van der Waals surface area contributed by atoms with Crippen LogP contribution in [0, 0.1) is 19.8 Å². The second-order valence-electron chi connectivity index (χ2n) is 4.51. The lowest BCUT2D eigenvalue weighted by Gasteiger charge is -2.16. The van der Waals surface area contributed by atoms with Crippen LogP contribution in [0.15, 0.2) is 12.1 Å². The summed E-state index contributed by atoms with van der Waals surface area (Å²) in [7, 11) is 3.11. The minimum atomic E-state index is -0.134. The normalized spacial score (nSPS) is 12.1. The van der Waals surface area contributed by atoms with Crippen molar-refractivity contribution in [1.29, 1.82) is 0 Å². The van der Waals surface area contributed by atoms with Crippen LogP contribution in [0.5, 0.6) is 5.75 Å². The average Bonchev–Trinajstić information content (AvgIpc) is 2.39. The first-order chi connectivity index (χ1) is 8.54. The summed E-state index contributed by atoms with van der Waals surface area (Å²) in [5, 5.41) is 0. The van der Waals surface area contributed by atoms with Gasteiger partial charge in [0.1, 0.15) is 5.75 Å². The van der Waals surface area contributed by atoms with Gasteiger partial charge in [-0.25, -0.2) is 0 Å². The molecule has 3 nitrogen and oxygen atoms in total. The molecule has 1 aromatic rings. The molecule has 0 radical (unpaired) electrons. The Balaban J connectivity index is 2.97. The van der Waals surface area contributed by atoms with Crippen molar-refractivity contribution in [3.63, 3.8) is 0 Å². The number of methoxy groups -OCH3 is 2. The van der Waals surface area contributed by atoms with E-state index in [0.717, 1.165) is 24.2 Å². The Hall–Kier alpha value is -1.51. The third-order valence-electron chi connectivity index (χ3n) is 3.56. The predicted molar refractivity (Wildman–Crippen MR) is 72.0 cm³/mol. The Morgan fingerprint density at radius 1 is 1.22 bits per heavy atom. The van der Waals surface area contributed by atoms with Crippen molar-refractivity contribution in [2.24, 2.45) is 5.92 Å². The van der Waals surface area contributed by atoms with E-state index in [2.05, 4.69) is 6.92 Å². The van der Waals surface area contributed by atoms with E-state index in [0.29, 0.717) is 0 Å². The average molecular weight is 250 g/mol. The first-order valence-electron chi connectivity index (χ1n) is 6.26. The molecule has 100 valence electrons. The van der Waals surface area contributed by atoms with Crippen molar-refractivity contribution in [1.82, 2.24) is 0 Å². The maximum absolute atomic E-state index is 11.6. The molecule has 1 atom stereocenters. The van der Waals surface area contributed by atoms with Gasteiger partial charge in [-0.05, 0) is 49.4 Å². The quantitative estimate of drug-likeness (QED) is 0.753. The van der Waals surface area contributed by atoms with E-state index in [1.54, 1.807) is 7.11 Å². The third kappa shape index (κ3) is 3.03. The number of carbonyl (C=O) groups excluding carboxylic acids is 1. The zero-order valence-corrected chi connectivity index (χ0v) is 11.9. The van der Waals surface area contributed by atoms with Crippen LogP contribution in [0.3, 0.4) is 0 Å². The van der Waals surface area contributed by atoms with Crippen LogP contribution in [0.25, 0.3) is 0 Å². The van der Waals surface area contributed by atoms with E-state index in [9.17, 15) is 4.79 Å². The first kappa shape index (κ1) is 14.6. The van der Waals surface area contributed by atoms with E-state index in [1.165, 1.54) is 18.2 Å². The van der Waals surface area contributed by atoms with Gasteiger partial charge in [0.25, 0.3) is 0 Å². The number of hydrogen-bond donors (Lipinski definition) is 0. The zero-order valence-electron chi connectivity index (χ0n) is 11.9. The molecule has 0 fully saturated rings. The van der Waals surface area contributed by atoms with Gasteiger partial charge in [-0.15, -0.1) is 0 Å². The van der Waals surface area contributed by atoms with Crippen molar-refractivity contribution < 1.29 is 14.3 Å². The molecule has 0 aliphatic heterocycles. The van der Waals surface area contributed by atoms with E-state index in [4.69, 9.17) is 9.47 Å². The van der Waals surface area contributed by atoms with Crippen LogP contribution in [0.2, 0.25) is 0 Å². The fraction of sp³-hybridized carbons (Fsp3) is 0.533. The molecule has 0 heterocycles. The van der Waals surface area contributed by atoms with Crippen LogP contribution < -0.4 is 4.74 Å². The summed E-state index contributed by atoms with van der Waals surface area (Å²) in [6, 6.07) is 3.99. The topological polar surface area (TPSA) is 35.5 Å². The molecule has 0 saturated heterocycles. The van der Waals surface area contributed by atoms with E-state index in [1.807, 2.05) is 26.0 Å². The monoisotopic (exact) mass is 250 g/mol. The molecular weight excluding hydrogens is 228 g/mol. The van der Waals surface area contributed by atoms with E-state index >= 15 is 0 Å². The summed E-state index contributed by atoms with van der Waals surface area (Å²) in [6.45, 7) is 6.11. The largest absolute Gasteiger partial charge is 0.496 e. The van der Waals surface area contributed by atoms with Gasteiger partial charge in [0, 0.05) is 0 Å². The maximum atomic E-state index is 11.6. The van der Waals surface area contributed by atoms with E-state index < -0.39 is 0 Å². The minimum Gasteiger partial charge on any atom is -0.496 e. The lowest BCUT2D eigenvalue weighted by atomic mass is 9.92. The SMILES string of the molecule is CCC(Cc1ccc(OC)c(C)c1C)C(=O)OC. The van der Waals surface area contributed by atoms with Gasteiger partial charge in [0.05, 0.1) is 20.1 Å². The summed E-state index contributed by atoms with van der Waals surface area (Å²) in [5.41, 5.74) is 3.51. The summed E-state index contributed by atoms with van der Waals surface area (Å²) >= 11 is 0. The molecule has 0 aromatic heterocycles. The lowest BCUT2D eigenvalue weighted by molar-refractivity contribution is -0.145. The Morgan fingerprint density at radius 3 is 2.39 bits per heavy atom. The third-order valence-corrected chi connectivity index (χ3v) is 3.56. The predicted octanol–water partition coefficient (Wildman–Crippen LogP) is 3.05. The summed E-state index contributed by atoms with van der Waals surface area (Å²) < 4.78 is 10.1. The molecule has 3 heteroatoms. The molecule has 1 unspecified atom stereocenters. The number of esters is 1. The number of ether oxygens (including phenoxy) is 2. The van der Waals surface area contributed by atoms with Crippen LogP contribution >= 0.6 is 0 Å². The molecule has 1 rings (SSSR count). The van der Waals surface area contributed by atoms with Gasteiger partial charge in [0.2, 0.25) is 0 Å². The second-order valence-corrected chi connectivity index (χ2v) is 4.51. The molecule has 0 bridgehead atoms. The molecule has 1 aromatic carbocycles. The van der Waals surface area contributed by atoms with Crippen LogP contribution in [-0.4, -0.2) is 20.2 Å². The molecule has 18 heavy (non-hydrogen) atoms. The first-order valence-corrected chi connectivity index (χ1v) is 6.26.